The third-order valence-electron chi connectivity index (χ3n) is 2.60. The predicted molar refractivity (Wildman–Crippen MR) is 73.9 cm³/mol. The Bertz CT molecular complexity index is 641. The highest BCUT2D eigenvalue weighted by molar-refractivity contribution is 6.32. The number of halogens is 1. The smallest absolute Gasteiger partial charge is 0.259 e. The summed E-state index contributed by atoms with van der Waals surface area (Å²) in [5.41, 5.74) is 1.49. The monoisotopic (exact) mass is 277 g/mol. The third-order valence-corrected chi connectivity index (χ3v) is 2.90. The zero-order chi connectivity index (χ0) is 14.0. The minimum atomic E-state index is -0.442. The Kier molecular flexibility index (Phi) is 3.62. The van der Waals surface area contributed by atoms with Gasteiger partial charge in [0, 0.05) is 5.69 Å². The number of carbonyl (C=O) groups excluding carboxylic acids is 1. The number of benzene rings is 2. The van der Waals surface area contributed by atoms with Crippen LogP contribution >= 0.6 is 11.6 Å². The Morgan fingerprint density at radius 1 is 1.11 bits per heavy atom. The molecular weight excluding hydrogens is 266 g/mol. The number of hydrogen-bond acceptors (Lipinski definition) is 3. The quantitative estimate of drug-likeness (QED) is 0.738. The second-order valence-corrected chi connectivity index (χ2v) is 4.55. The molecule has 19 heavy (non-hydrogen) atoms. The molecule has 0 aliphatic rings. The summed E-state index contributed by atoms with van der Waals surface area (Å²) in [6.45, 7) is 1.83. The Morgan fingerprint density at radius 3 is 2.47 bits per heavy atom. The first-order valence-electron chi connectivity index (χ1n) is 5.57. The SMILES string of the molecule is Cc1ccc(O)c(C(=O)Nc2ccc(O)c(Cl)c2)c1. The molecule has 2 aromatic rings. The Balaban J connectivity index is 2.25. The second kappa shape index (κ2) is 5.20. The van der Waals surface area contributed by atoms with Crippen molar-refractivity contribution in [2.75, 3.05) is 5.32 Å². The molecule has 0 heterocycles. The molecule has 0 spiro atoms. The first kappa shape index (κ1) is 13.2. The van der Waals surface area contributed by atoms with Crippen LogP contribution in [0, 0.1) is 6.92 Å². The van der Waals surface area contributed by atoms with Gasteiger partial charge in [-0.25, -0.2) is 0 Å². The van der Waals surface area contributed by atoms with Crippen molar-refractivity contribution in [1.82, 2.24) is 0 Å². The fourth-order valence-corrected chi connectivity index (χ4v) is 1.80. The molecule has 5 heteroatoms. The summed E-state index contributed by atoms with van der Waals surface area (Å²) in [5, 5.41) is 21.7. The van der Waals surface area contributed by atoms with Crippen LogP contribution in [0.1, 0.15) is 15.9 Å². The van der Waals surface area contributed by atoms with Gasteiger partial charge in [-0.15, -0.1) is 0 Å². The van der Waals surface area contributed by atoms with Crippen LogP contribution in [0.2, 0.25) is 5.02 Å². The summed E-state index contributed by atoms with van der Waals surface area (Å²) in [4.78, 5) is 12.0. The number of nitrogens with one attached hydrogen (secondary N) is 1. The third kappa shape index (κ3) is 2.98. The maximum atomic E-state index is 12.0. The lowest BCUT2D eigenvalue weighted by atomic mass is 10.1. The molecule has 98 valence electrons. The summed E-state index contributed by atoms with van der Waals surface area (Å²) in [6, 6.07) is 9.10. The molecule has 0 bridgehead atoms. The molecular formula is C14H12ClNO3. The Labute approximate surface area is 115 Å². The molecule has 0 saturated carbocycles. The summed E-state index contributed by atoms with van der Waals surface area (Å²) in [5.74, 6) is -0.589. The van der Waals surface area contributed by atoms with Gasteiger partial charge in [-0.2, -0.15) is 0 Å². The van der Waals surface area contributed by atoms with Gasteiger partial charge in [0.2, 0.25) is 0 Å². The number of aryl methyl sites for hydroxylation is 1. The number of rotatable bonds is 2. The van der Waals surface area contributed by atoms with Crippen molar-refractivity contribution >= 4 is 23.2 Å². The van der Waals surface area contributed by atoms with Gasteiger partial charge in [-0.05, 0) is 37.3 Å². The van der Waals surface area contributed by atoms with Gasteiger partial charge in [-0.3, -0.25) is 4.79 Å². The van der Waals surface area contributed by atoms with E-state index in [1.165, 1.54) is 24.3 Å². The van der Waals surface area contributed by atoms with Crippen molar-refractivity contribution in [3.63, 3.8) is 0 Å². The van der Waals surface area contributed by atoms with Crippen molar-refractivity contribution in [3.8, 4) is 11.5 Å². The molecule has 4 nitrogen and oxygen atoms in total. The lowest BCUT2D eigenvalue weighted by Crippen LogP contribution is -2.12. The maximum Gasteiger partial charge on any atom is 0.259 e. The van der Waals surface area contributed by atoms with E-state index in [4.69, 9.17) is 11.6 Å². The molecule has 0 fully saturated rings. The number of hydrogen-bond donors (Lipinski definition) is 3. The largest absolute Gasteiger partial charge is 0.507 e. The van der Waals surface area contributed by atoms with E-state index in [1.807, 2.05) is 6.92 Å². The van der Waals surface area contributed by atoms with Gasteiger partial charge in [0.05, 0.1) is 10.6 Å². The molecule has 0 aliphatic heterocycles. The minimum absolute atomic E-state index is 0.0573. The molecule has 0 aromatic heterocycles. The topological polar surface area (TPSA) is 69.6 Å². The van der Waals surface area contributed by atoms with Gasteiger partial charge in [0.1, 0.15) is 11.5 Å². The summed E-state index contributed by atoms with van der Waals surface area (Å²) < 4.78 is 0. The average Bonchev–Trinajstić information content (AvgIpc) is 2.36. The van der Waals surface area contributed by atoms with Crippen LogP contribution in [0.25, 0.3) is 0 Å². The zero-order valence-electron chi connectivity index (χ0n) is 10.1. The number of carbonyl (C=O) groups is 1. The number of amides is 1. The summed E-state index contributed by atoms with van der Waals surface area (Å²) >= 11 is 5.75. The van der Waals surface area contributed by atoms with Crippen LogP contribution in [0.4, 0.5) is 5.69 Å². The number of phenolic OH excluding ortho intramolecular Hbond substituents is 2. The lowest BCUT2D eigenvalue weighted by Gasteiger charge is -2.08. The highest BCUT2D eigenvalue weighted by atomic mass is 35.5. The van der Waals surface area contributed by atoms with Crippen molar-refractivity contribution in [1.29, 1.82) is 0 Å². The van der Waals surface area contributed by atoms with Crippen LogP contribution in [-0.2, 0) is 0 Å². The molecule has 0 unspecified atom stereocenters. The fraction of sp³-hybridized carbons (Fsp3) is 0.0714. The van der Waals surface area contributed by atoms with Gasteiger partial charge < -0.3 is 15.5 Å². The van der Waals surface area contributed by atoms with E-state index in [0.717, 1.165) is 5.56 Å². The predicted octanol–water partition coefficient (Wildman–Crippen LogP) is 3.31. The van der Waals surface area contributed by atoms with Gasteiger partial charge in [-0.1, -0.05) is 23.2 Å². The van der Waals surface area contributed by atoms with Gasteiger partial charge in [0.15, 0.2) is 0 Å². The first-order chi connectivity index (χ1) is 8.97. The van der Waals surface area contributed by atoms with E-state index in [2.05, 4.69) is 5.32 Å². The Morgan fingerprint density at radius 2 is 1.79 bits per heavy atom. The average molecular weight is 278 g/mol. The maximum absolute atomic E-state index is 12.0. The van der Waals surface area contributed by atoms with Crippen molar-refractivity contribution in [3.05, 3.63) is 52.5 Å². The zero-order valence-corrected chi connectivity index (χ0v) is 10.9. The number of anilines is 1. The van der Waals surface area contributed by atoms with Crippen molar-refractivity contribution in [2.24, 2.45) is 0 Å². The standard InChI is InChI=1S/C14H12ClNO3/c1-8-2-4-12(17)10(6-8)14(19)16-9-3-5-13(18)11(15)7-9/h2-7,17-18H,1H3,(H,16,19). The minimum Gasteiger partial charge on any atom is -0.507 e. The summed E-state index contributed by atoms with van der Waals surface area (Å²) in [6.07, 6.45) is 0. The van der Waals surface area contributed by atoms with E-state index < -0.39 is 5.91 Å². The Hall–Kier alpha value is -2.20. The first-order valence-corrected chi connectivity index (χ1v) is 5.94. The molecule has 0 aliphatic carbocycles. The lowest BCUT2D eigenvalue weighted by molar-refractivity contribution is 0.102. The molecule has 3 N–H and O–H groups in total. The molecule has 2 aromatic carbocycles. The van der Waals surface area contributed by atoms with Crippen LogP contribution in [0.3, 0.4) is 0 Å². The van der Waals surface area contributed by atoms with Gasteiger partial charge >= 0.3 is 0 Å². The van der Waals surface area contributed by atoms with E-state index in [-0.39, 0.29) is 22.1 Å². The van der Waals surface area contributed by atoms with E-state index in [9.17, 15) is 15.0 Å². The van der Waals surface area contributed by atoms with Crippen LogP contribution < -0.4 is 5.32 Å². The van der Waals surface area contributed by atoms with Crippen LogP contribution in [-0.4, -0.2) is 16.1 Å². The van der Waals surface area contributed by atoms with Gasteiger partial charge in [0.25, 0.3) is 5.91 Å². The van der Waals surface area contributed by atoms with Crippen molar-refractivity contribution < 1.29 is 15.0 Å². The normalized spacial score (nSPS) is 10.2. The highest BCUT2D eigenvalue weighted by Crippen LogP contribution is 2.27. The van der Waals surface area contributed by atoms with Crippen molar-refractivity contribution in [2.45, 2.75) is 6.92 Å². The molecule has 0 radical (unpaired) electrons. The van der Waals surface area contributed by atoms with E-state index >= 15 is 0 Å². The highest BCUT2D eigenvalue weighted by Gasteiger charge is 2.12. The molecule has 2 rings (SSSR count). The van der Waals surface area contributed by atoms with Crippen LogP contribution in [0.15, 0.2) is 36.4 Å². The fourth-order valence-electron chi connectivity index (χ4n) is 1.61. The van der Waals surface area contributed by atoms with Crippen LogP contribution in [0.5, 0.6) is 11.5 Å². The molecule has 0 atom stereocenters. The molecule has 1 amide bonds. The number of aromatic hydroxyl groups is 2. The molecule has 0 saturated heterocycles. The van der Waals surface area contributed by atoms with E-state index in [0.29, 0.717) is 5.69 Å². The van der Waals surface area contributed by atoms with E-state index in [1.54, 1.807) is 12.1 Å². The second-order valence-electron chi connectivity index (χ2n) is 4.14. The summed E-state index contributed by atoms with van der Waals surface area (Å²) in [7, 11) is 0. The number of phenols is 2.